The molecule has 0 saturated heterocycles. The van der Waals surface area contributed by atoms with Crippen molar-refractivity contribution in [2.45, 2.75) is 13.8 Å². The van der Waals surface area contributed by atoms with Crippen LogP contribution >= 0.6 is 11.6 Å². The van der Waals surface area contributed by atoms with E-state index in [0.717, 1.165) is 28.8 Å². The molecule has 1 aromatic heterocycles. The van der Waals surface area contributed by atoms with E-state index in [0.29, 0.717) is 5.28 Å². The second-order valence-corrected chi connectivity index (χ2v) is 4.14. The number of halogens is 1. The molecular formula is C12H14ClN3. The fourth-order valence-corrected chi connectivity index (χ4v) is 1.86. The van der Waals surface area contributed by atoms with Crippen molar-refractivity contribution >= 4 is 28.3 Å². The largest absolute Gasteiger partial charge is 0.359 e. The second-order valence-electron chi connectivity index (χ2n) is 3.80. The van der Waals surface area contributed by atoms with Gasteiger partial charge < -0.3 is 4.90 Å². The summed E-state index contributed by atoms with van der Waals surface area (Å²) in [5, 5.41) is 1.35. The molecule has 0 unspecified atom stereocenters. The van der Waals surface area contributed by atoms with Gasteiger partial charge in [0, 0.05) is 19.0 Å². The van der Waals surface area contributed by atoms with Crippen molar-refractivity contribution in [1.29, 1.82) is 0 Å². The molecule has 0 N–H and O–H groups in total. The molecule has 3 nitrogen and oxygen atoms in total. The molecule has 0 atom stereocenters. The van der Waals surface area contributed by atoms with Gasteiger partial charge in [-0.3, -0.25) is 0 Å². The Bertz CT molecular complexity index is 525. The third-order valence-electron chi connectivity index (χ3n) is 2.72. The minimum absolute atomic E-state index is 0.303. The number of hydrogen-bond donors (Lipinski definition) is 0. The van der Waals surface area contributed by atoms with Crippen molar-refractivity contribution in [3.63, 3.8) is 0 Å². The number of aromatic nitrogens is 2. The summed E-state index contributed by atoms with van der Waals surface area (Å²) in [6.07, 6.45) is 0. The average Bonchev–Trinajstić information content (AvgIpc) is 2.28. The number of rotatable bonds is 2. The number of nitrogens with zero attached hydrogens (tertiary/aromatic N) is 3. The van der Waals surface area contributed by atoms with Gasteiger partial charge in [-0.25, -0.2) is 4.98 Å². The summed E-state index contributed by atoms with van der Waals surface area (Å²) in [7, 11) is 2.00. The van der Waals surface area contributed by atoms with Gasteiger partial charge in [0.05, 0.1) is 5.52 Å². The minimum Gasteiger partial charge on any atom is -0.359 e. The highest BCUT2D eigenvalue weighted by Crippen LogP contribution is 2.26. The summed E-state index contributed by atoms with van der Waals surface area (Å²) in [5.41, 5.74) is 2.05. The fourth-order valence-electron chi connectivity index (χ4n) is 1.69. The van der Waals surface area contributed by atoms with Gasteiger partial charge in [-0.05, 0) is 37.1 Å². The number of anilines is 1. The summed E-state index contributed by atoms with van der Waals surface area (Å²) < 4.78 is 0. The van der Waals surface area contributed by atoms with Crippen molar-refractivity contribution < 1.29 is 0 Å². The number of hydrogen-bond acceptors (Lipinski definition) is 3. The van der Waals surface area contributed by atoms with Gasteiger partial charge in [0.15, 0.2) is 0 Å². The Kier molecular flexibility index (Phi) is 2.97. The van der Waals surface area contributed by atoms with Crippen molar-refractivity contribution in [2.24, 2.45) is 0 Å². The summed E-state index contributed by atoms with van der Waals surface area (Å²) in [4.78, 5) is 10.6. The molecule has 0 spiro atoms. The molecule has 0 bridgehead atoms. The van der Waals surface area contributed by atoms with Crippen LogP contribution in [0.2, 0.25) is 5.28 Å². The quantitative estimate of drug-likeness (QED) is 0.750. The Balaban J connectivity index is 2.78. The Labute approximate surface area is 100 Å². The highest BCUT2D eigenvalue weighted by molar-refractivity contribution is 6.28. The zero-order chi connectivity index (χ0) is 11.7. The predicted molar refractivity (Wildman–Crippen MR) is 68.2 cm³/mol. The van der Waals surface area contributed by atoms with Gasteiger partial charge in [-0.2, -0.15) is 4.98 Å². The van der Waals surface area contributed by atoms with E-state index in [4.69, 9.17) is 11.6 Å². The lowest BCUT2D eigenvalue weighted by Crippen LogP contribution is -2.18. The molecule has 0 amide bonds. The monoisotopic (exact) mass is 235 g/mol. The van der Waals surface area contributed by atoms with E-state index in [1.807, 2.05) is 32.2 Å². The number of para-hydroxylation sites is 1. The maximum atomic E-state index is 5.95. The summed E-state index contributed by atoms with van der Waals surface area (Å²) in [6, 6.07) is 6.07. The van der Waals surface area contributed by atoms with Crippen LogP contribution in [-0.2, 0) is 0 Å². The number of fused-ring (bicyclic) bond motifs is 1. The van der Waals surface area contributed by atoms with Crippen molar-refractivity contribution in [3.05, 3.63) is 29.0 Å². The van der Waals surface area contributed by atoms with Crippen LogP contribution in [0, 0.1) is 6.92 Å². The first-order valence-electron chi connectivity index (χ1n) is 5.27. The lowest BCUT2D eigenvalue weighted by Gasteiger charge is -2.18. The topological polar surface area (TPSA) is 29.0 Å². The summed E-state index contributed by atoms with van der Waals surface area (Å²) in [6.45, 7) is 5.00. The molecule has 16 heavy (non-hydrogen) atoms. The Morgan fingerprint density at radius 1 is 1.31 bits per heavy atom. The lowest BCUT2D eigenvalue weighted by atomic mass is 10.1. The highest BCUT2D eigenvalue weighted by Gasteiger charge is 2.10. The fraction of sp³-hybridized carbons (Fsp3) is 0.333. The van der Waals surface area contributed by atoms with E-state index in [-0.39, 0.29) is 0 Å². The normalized spacial score (nSPS) is 10.8. The first-order valence-corrected chi connectivity index (χ1v) is 5.65. The first-order chi connectivity index (χ1) is 7.63. The Hall–Kier alpha value is -1.35. The first kappa shape index (κ1) is 11.1. The standard InChI is InChI=1S/C12H14ClN3/c1-4-16(3)11-9-7-5-6-8(2)10(9)14-12(13)15-11/h5-7H,4H2,1-3H3. The smallest absolute Gasteiger partial charge is 0.224 e. The third kappa shape index (κ3) is 1.83. The maximum absolute atomic E-state index is 5.95. The maximum Gasteiger partial charge on any atom is 0.224 e. The number of aryl methyl sites for hydroxylation is 1. The van der Waals surface area contributed by atoms with E-state index in [1.165, 1.54) is 0 Å². The van der Waals surface area contributed by atoms with Crippen LogP contribution in [0.4, 0.5) is 5.82 Å². The lowest BCUT2D eigenvalue weighted by molar-refractivity contribution is 0.940. The van der Waals surface area contributed by atoms with Gasteiger partial charge >= 0.3 is 0 Å². The minimum atomic E-state index is 0.303. The molecule has 4 heteroatoms. The van der Waals surface area contributed by atoms with E-state index in [9.17, 15) is 0 Å². The molecule has 0 radical (unpaired) electrons. The van der Waals surface area contributed by atoms with Crippen LogP contribution in [0.15, 0.2) is 18.2 Å². The van der Waals surface area contributed by atoms with E-state index < -0.39 is 0 Å². The Morgan fingerprint density at radius 2 is 2.06 bits per heavy atom. The number of benzene rings is 1. The molecule has 0 aliphatic carbocycles. The molecular weight excluding hydrogens is 222 g/mol. The summed E-state index contributed by atoms with van der Waals surface area (Å²) >= 11 is 5.95. The van der Waals surface area contributed by atoms with Crippen molar-refractivity contribution in [1.82, 2.24) is 9.97 Å². The van der Waals surface area contributed by atoms with Crippen LogP contribution in [0.5, 0.6) is 0 Å². The molecule has 84 valence electrons. The van der Waals surface area contributed by atoms with E-state index >= 15 is 0 Å². The highest BCUT2D eigenvalue weighted by atomic mass is 35.5. The van der Waals surface area contributed by atoms with Gasteiger partial charge in [-0.1, -0.05) is 12.1 Å². The van der Waals surface area contributed by atoms with Gasteiger partial charge in [0.25, 0.3) is 0 Å². The van der Waals surface area contributed by atoms with E-state index in [2.05, 4.69) is 21.8 Å². The van der Waals surface area contributed by atoms with Crippen molar-refractivity contribution in [3.8, 4) is 0 Å². The Morgan fingerprint density at radius 3 is 2.75 bits per heavy atom. The molecule has 2 rings (SSSR count). The van der Waals surface area contributed by atoms with Crippen LogP contribution in [0.25, 0.3) is 10.9 Å². The molecule has 0 aliphatic heterocycles. The van der Waals surface area contributed by atoms with Crippen LogP contribution in [0.1, 0.15) is 12.5 Å². The third-order valence-corrected chi connectivity index (χ3v) is 2.89. The summed E-state index contributed by atoms with van der Waals surface area (Å²) in [5.74, 6) is 0.890. The molecule has 1 aromatic carbocycles. The molecule has 0 fully saturated rings. The SMILES string of the molecule is CCN(C)c1nc(Cl)nc2c(C)cccc12. The molecule has 1 heterocycles. The molecule has 0 aliphatic rings. The van der Waals surface area contributed by atoms with Gasteiger partial charge in [0.1, 0.15) is 5.82 Å². The van der Waals surface area contributed by atoms with Crippen LogP contribution < -0.4 is 4.90 Å². The van der Waals surface area contributed by atoms with Crippen LogP contribution in [-0.4, -0.2) is 23.6 Å². The van der Waals surface area contributed by atoms with Gasteiger partial charge in [-0.15, -0.1) is 0 Å². The van der Waals surface area contributed by atoms with Gasteiger partial charge in [0.2, 0.25) is 5.28 Å². The average molecular weight is 236 g/mol. The van der Waals surface area contributed by atoms with Crippen molar-refractivity contribution in [2.75, 3.05) is 18.5 Å². The predicted octanol–water partition coefficient (Wildman–Crippen LogP) is 3.05. The molecule has 0 saturated carbocycles. The molecule has 2 aromatic rings. The second kappa shape index (κ2) is 4.26. The van der Waals surface area contributed by atoms with Crippen LogP contribution in [0.3, 0.4) is 0 Å². The van der Waals surface area contributed by atoms with E-state index in [1.54, 1.807) is 0 Å². The zero-order valence-corrected chi connectivity index (χ0v) is 10.4. The zero-order valence-electron chi connectivity index (χ0n) is 9.66.